The lowest BCUT2D eigenvalue weighted by Crippen LogP contribution is -1.74. The maximum Gasteiger partial charge on any atom is 0.299 e. The highest BCUT2D eigenvalue weighted by molar-refractivity contribution is 7.73. The third-order valence-electron chi connectivity index (χ3n) is 0. The fourth-order valence-electron chi connectivity index (χ4n) is 0. The van der Waals surface area contributed by atoms with Crippen LogP contribution in [0.3, 0.4) is 0 Å². The minimum atomic E-state index is -2.61. The van der Waals surface area contributed by atoms with Gasteiger partial charge in [0.05, 0.1) is 0 Å². The summed E-state index contributed by atoms with van der Waals surface area (Å²) in [5.41, 5.74) is 0. The van der Waals surface area contributed by atoms with Gasteiger partial charge in [-0.2, -0.15) is 4.21 Å². The van der Waals surface area contributed by atoms with Crippen molar-refractivity contribution >= 4 is 11.4 Å². The van der Waals surface area contributed by atoms with Crippen LogP contribution in [-0.2, 0) is 11.4 Å². The minimum absolute atomic E-state index is 2.61. The molecular weight excluding hydrogens is 80.1 g/mol. The lowest BCUT2D eigenvalue weighted by atomic mass is 15.8. The molecular formula is H2O3S. The van der Waals surface area contributed by atoms with E-state index in [1.807, 2.05) is 0 Å². The van der Waals surface area contributed by atoms with Crippen LogP contribution in [0.15, 0.2) is 0 Å². The lowest BCUT2D eigenvalue weighted by Gasteiger charge is -1.59. The summed E-state index contributed by atoms with van der Waals surface area (Å²) in [6.07, 6.45) is 0. The Morgan fingerprint density at radius 3 is 1.50 bits per heavy atom. The van der Waals surface area contributed by atoms with E-state index in [0.717, 1.165) is 0 Å². The van der Waals surface area contributed by atoms with Gasteiger partial charge in [-0.25, -0.2) is 0 Å². The van der Waals surface area contributed by atoms with Gasteiger partial charge in [-0.3, -0.25) is 9.11 Å². The Labute approximate surface area is 25.8 Å². The molecule has 0 radical (unpaired) electrons. The number of hydrogen-bond acceptors (Lipinski definition) is 1. The zero-order valence-electron chi connectivity index (χ0n) is 1.71. The third kappa shape index (κ3) is 484. The Morgan fingerprint density at radius 2 is 1.50 bits per heavy atom. The highest BCUT2D eigenvalue weighted by atomic mass is 32.2. The first-order valence-electron chi connectivity index (χ1n) is 0.532. The molecule has 3 nitrogen and oxygen atoms in total. The normalized spacial score (nSPS) is 8.75. The Bertz CT molecular complexity index is 26.3. The standard InChI is InChI=1S/H2O3S/c1-4(2)3/h(H2,1,2,3)/i1+0. The van der Waals surface area contributed by atoms with Crippen LogP contribution in [0, 0.1) is 0 Å². The van der Waals surface area contributed by atoms with Gasteiger partial charge in [-0.05, 0) is 0 Å². The van der Waals surface area contributed by atoms with Crippen molar-refractivity contribution in [3.8, 4) is 0 Å². The van der Waals surface area contributed by atoms with E-state index in [4.69, 9.17) is 13.3 Å². The molecule has 4 heteroatoms. The molecule has 0 spiro atoms. The van der Waals surface area contributed by atoms with Gasteiger partial charge in [-0.1, -0.05) is 0 Å². The monoisotopic (exact) mass is 82.0 g/mol. The molecule has 0 aromatic heterocycles. The average molecular weight is 82.1 g/mol. The summed E-state index contributed by atoms with van der Waals surface area (Å²) >= 11 is -2.61. The molecule has 0 unspecified atom stereocenters. The van der Waals surface area contributed by atoms with Gasteiger partial charge in [0.25, 0.3) is 11.4 Å². The lowest BCUT2D eigenvalue weighted by molar-refractivity contribution is 0.454. The third-order valence-corrected chi connectivity index (χ3v) is 0. The van der Waals surface area contributed by atoms with Crippen molar-refractivity contribution in [3.05, 3.63) is 0 Å². The van der Waals surface area contributed by atoms with Crippen molar-refractivity contribution in [2.45, 2.75) is 0 Å². The van der Waals surface area contributed by atoms with Gasteiger partial charge in [0, 0.05) is 0 Å². The molecule has 26 valence electrons. The molecule has 0 atom stereocenters. The summed E-state index contributed by atoms with van der Waals surface area (Å²) in [5.74, 6) is 0. The zero-order valence-corrected chi connectivity index (χ0v) is 2.53. The van der Waals surface area contributed by atoms with Crippen molar-refractivity contribution < 1.29 is 13.3 Å². The van der Waals surface area contributed by atoms with Crippen LogP contribution in [0.4, 0.5) is 0 Å². The van der Waals surface area contributed by atoms with Gasteiger partial charge in [0.2, 0.25) is 0 Å². The summed E-state index contributed by atoms with van der Waals surface area (Å²) in [6, 6.07) is 0. The molecule has 0 aliphatic rings. The van der Waals surface area contributed by atoms with Crippen LogP contribution in [0.5, 0.6) is 0 Å². The van der Waals surface area contributed by atoms with Crippen LogP contribution >= 0.6 is 0 Å². The first-order valence-corrected chi connectivity index (χ1v) is 1.60. The molecule has 2 N–H and O–H groups in total. The Kier molecular flexibility index (Phi) is 1.42. The highest BCUT2D eigenvalue weighted by Crippen LogP contribution is 1.44. The van der Waals surface area contributed by atoms with E-state index >= 15 is 0 Å². The molecule has 0 aliphatic heterocycles. The molecule has 0 heterocycles. The zero-order chi connectivity index (χ0) is 3.58. The van der Waals surface area contributed by atoms with E-state index < -0.39 is 11.4 Å². The summed E-state index contributed by atoms with van der Waals surface area (Å²) in [6.45, 7) is 0. The minimum Gasteiger partial charge on any atom is -0.284 e. The molecule has 4 heavy (non-hydrogen) atoms. The largest absolute Gasteiger partial charge is 0.299 e. The predicted molar refractivity (Wildman–Crippen MR) is 13.4 cm³/mol. The molecule has 0 saturated heterocycles. The second-order valence-corrected chi connectivity index (χ2v) is 0.692. The van der Waals surface area contributed by atoms with Gasteiger partial charge in [0.15, 0.2) is 0 Å². The Morgan fingerprint density at radius 1 is 1.50 bits per heavy atom. The quantitative estimate of drug-likeness (QED) is 0.394. The molecule has 0 aromatic carbocycles. The smallest absolute Gasteiger partial charge is 0.284 e. The van der Waals surface area contributed by atoms with Crippen molar-refractivity contribution in [1.29, 1.82) is 0 Å². The van der Waals surface area contributed by atoms with E-state index in [9.17, 15) is 0 Å². The molecule has 0 aromatic rings. The summed E-state index contributed by atoms with van der Waals surface area (Å²) in [5, 5.41) is 0. The Balaban J connectivity index is 2.80. The predicted octanol–water partition coefficient (Wildman–Crippen LogP) is -0.319. The summed E-state index contributed by atoms with van der Waals surface area (Å²) < 4.78 is 22.8. The molecule has 0 amide bonds. The second-order valence-electron chi connectivity index (χ2n) is 0.231. The molecule has 0 aliphatic carbocycles. The average Bonchev–Trinajstić information content (AvgIpc) is 0.811. The molecule has 0 fully saturated rings. The van der Waals surface area contributed by atoms with Gasteiger partial charge in [0.1, 0.15) is 0 Å². The Hall–Kier alpha value is 0.0700. The van der Waals surface area contributed by atoms with Gasteiger partial charge >= 0.3 is 0 Å². The molecule has 0 bridgehead atoms. The summed E-state index contributed by atoms with van der Waals surface area (Å²) in [7, 11) is 0. The van der Waals surface area contributed by atoms with Crippen LogP contribution in [0.25, 0.3) is 0 Å². The van der Waals surface area contributed by atoms with Gasteiger partial charge < -0.3 is 0 Å². The fourth-order valence-corrected chi connectivity index (χ4v) is 0. The molecule has 0 saturated carbocycles. The topological polar surface area (TPSA) is 57.5 Å². The first-order chi connectivity index (χ1) is 1.73. The summed E-state index contributed by atoms with van der Waals surface area (Å²) in [4.78, 5) is 0. The number of rotatable bonds is 0. The SMILES string of the molecule is OS(O)=[16O]. The maximum absolute atomic E-state index is 8.67. The van der Waals surface area contributed by atoms with E-state index in [1.165, 1.54) is 0 Å². The fraction of sp³-hybridized carbons (Fsp3) is 0. The van der Waals surface area contributed by atoms with Crippen molar-refractivity contribution in [2.75, 3.05) is 0 Å². The van der Waals surface area contributed by atoms with E-state index in [2.05, 4.69) is 0 Å². The second kappa shape index (κ2) is 1.40. The maximum atomic E-state index is 8.67. The first kappa shape index (κ1) is 4.07. The van der Waals surface area contributed by atoms with Crippen LogP contribution in [0.1, 0.15) is 0 Å². The van der Waals surface area contributed by atoms with Crippen LogP contribution in [-0.4, -0.2) is 13.3 Å². The van der Waals surface area contributed by atoms with E-state index in [0.29, 0.717) is 0 Å². The van der Waals surface area contributed by atoms with Crippen LogP contribution in [0.2, 0.25) is 0 Å². The number of hydrogen-bond donors (Lipinski definition) is 2. The van der Waals surface area contributed by atoms with E-state index in [1.54, 1.807) is 0 Å². The van der Waals surface area contributed by atoms with Crippen molar-refractivity contribution in [3.63, 3.8) is 0 Å². The van der Waals surface area contributed by atoms with Gasteiger partial charge in [-0.15, -0.1) is 0 Å². The van der Waals surface area contributed by atoms with Crippen molar-refractivity contribution in [2.24, 2.45) is 0 Å². The van der Waals surface area contributed by atoms with Crippen LogP contribution < -0.4 is 0 Å². The highest BCUT2D eigenvalue weighted by Gasteiger charge is 1.62. The van der Waals surface area contributed by atoms with Crippen molar-refractivity contribution in [1.82, 2.24) is 0 Å². The van der Waals surface area contributed by atoms with E-state index in [-0.39, 0.29) is 0 Å². The molecule has 0 rings (SSSR count).